The average molecular weight is 226 g/mol. The van der Waals surface area contributed by atoms with E-state index in [2.05, 4.69) is 0 Å². The van der Waals surface area contributed by atoms with E-state index in [1.54, 1.807) is 0 Å². The minimum absolute atomic E-state index is 0.0316. The van der Waals surface area contributed by atoms with Crippen LogP contribution in [0.4, 0.5) is 0 Å². The molecule has 4 heteroatoms. The zero-order chi connectivity index (χ0) is 11.2. The fraction of sp³-hybridized carbons (Fsp3) is 0.917. The average Bonchev–Trinajstić information content (AvgIpc) is 2.83. The van der Waals surface area contributed by atoms with E-state index in [1.807, 2.05) is 0 Å². The fourth-order valence-electron chi connectivity index (χ4n) is 3.41. The third-order valence-electron chi connectivity index (χ3n) is 4.18. The summed E-state index contributed by atoms with van der Waals surface area (Å²) in [7, 11) is 1.43. The van der Waals surface area contributed by atoms with Crippen molar-refractivity contribution in [3.05, 3.63) is 0 Å². The van der Waals surface area contributed by atoms with Crippen LogP contribution in [0.5, 0.6) is 0 Å². The number of methoxy groups -OCH3 is 1. The van der Waals surface area contributed by atoms with Gasteiger partial charge in [0.2, 0.25) is 0 Å². The molecule has 4 nitrogen and oxygen atoms in total. The van der Waals surface area contributed by atoms with Gasteiger partial charge in [0.25, 0.3) is 0 Å². The highest BCUT2D eigenvalue weighted by molar-refractivity contribution is 5.69. The molecule has 2 heterocycles. The van der Waals surface area contributed by atoms with Crippen molar-refractivity contribution in [3.8, 4) is 0 Å². The number of hydrogen-bond donors (Lipinski definition) is 0. The lowest BCUT2D eigenvalue weighted by atomic mass is 9.87. The van der Waals surface area contributed by atoms with Crippen molar-refractivity contribution in [2.75, 3.05) is 7.11 Å². The Morgan fingerprint density at radius 2 is 2.31 bits per heavy atom. The summed E-state index contributed by atoms with van der Waals surface area (Å²) in [5.74, 6) is -0.173. The zero-order valence-electron chi connectivity index (χ0n) is 9.61. The Labute approximate surface area is 95.2 Å². The monoisotopic (exact) mass is 226 g/mol. The number of rotatable bonds is 2. The molecule has 1 aliphatic carbocycles. The number of esters is 1. The zero-order valence-corrected chi connectivity index (χ0v) is 9.61. The molecule has 2 bridgehead atoms. The van der Waals surface area contributed by atoms with Crippen LogP contribution in [0.1, 0.15) is 38.5 Å². The molecular weight excluding hydrogens is 208 g/mol. The van der Waals surface area contributed by atoms with Gasteiger partial charge in [-0.15, -0.1) is 0 Å². The Hall–Kier alpha value is -0.610. The number of carbonyl (C=O) groups is 1. The SMILES string of the molecule is COC(=O)CC1CCC2OC3CCC2(C3)O1. The quantitative estimate of drug-likeness (QED) is 0.668. The van der Waals surface area contributed by atoms with Crippen LogP contribution in [-0.2, 0) is 19.0 Å². The lowest BCUT2D eigenvalue weighted by molar-refractivity contribution is -0.187. The number of carbonyl (C=O) groups excluding carboxylic acids is 1. The molecule has 0 aromatic carbocycles. The standard InChI is InChI=1S/C12H18O4/c1-14-11(13)6-8-2-3-10-12(16-8)5-4-9(7-12)15-10/h8-10H,2-7H2,1H3. The van der Waals surface area contributed by atoms with Gasteiger partial charge in [-0.1, -0.05) is 0 Å². The van der Waals surface area contributed by atoms with Crippen LogP contribution in [0.2, 0.25) is 0 Å². The summed E-state index contributed by atoms with van der Waals surface area (Å²) >= 11 is 0. The van der Waals surface area contributed by atoms with E-state index in [4.69, 9.17) is 14.2 Å². The second-order valence-corrected chi connectivity index (χ2v) is 5.15. The van der Waals surface area contributed by atoms with E-state index in [9.17, 15) is 4.79 Å². The largest absolute Gasteiger partial charge is 0.469 e. The summed E-state index contributed by atoms with van der Waals surface area (Å²) in [6.07, 6.45) is 6.27. The third kappa shape index (κ3) is 1.55. The summed E-state index contributed by atoms with van der Waals surface area (Å²) in [5.41, 5.74) is -0.0679. The number of hydrogen-bond acceptors (Lipinski definition) is 4. The molecule has 2 aliphatic heterocycles. The fourth-order valence-corrected chi connectivity index (χ4v) is 3.41. The van der Waals surface area contributed by atoms with Crippen molar-refractivity contribution >= 4 is 5.97 Å². The summed E-state index contributed by atoms with van der Waals surface area (Å²) < 4.78 is 16.7. The van der Waals surface area contributed by atoms with E-state index in [0.717, 1.165) is 32.1 Å². The van der Waals surface area contributed by atoms with Gasteiger partial charge in [0, 0.05) is 6.42 Å². The van der Waals surface area contributed by atoms with E-state index < -0.39 is 0 Å². The molecule has 0 amide bonds. The van der Waals surface area contributed by atoms with Crippen LogP contribution in [0, 0.1) is 0 Å². The van der Waals surface area contributed by atoms with Crippen LogP contribution in [0.25, 0.3) is 0 Å². The van der Waals surface area contributed by atoms with Crippen LogP contribution in [0.3, 0.4) is 0 Å². The molecule has 0 radical (unpaired) electrons. The van der Waals surface area contributed by atoms with Gasteiger partial charge in [-0.25, -0.2) is 0 Å². The van der Waals surface area contributed by atoms with Crippen molar-refractivity contribution in [1.82, 2.24) is 0 Å². The lowest BCUT2D eigenvalue weighted by Crippen LogP contribution is -2.48. The Bertz CT molecular complexity index is 303. The maximum absolute atomic E-state index is 11.2. The highest BCUT2D eigenvalue weighted by atomic mass is 16.6. The molecule has 3 fully saturated rings. The molecule has 3 rings (SSSR count). The minimum Gasteiger partial charge on any atom is -0.469 e. The van der Waals surface area contributed by atoms with Crippen LogP contribution in [-0.4, -0.2) is 37.0 Å². The van der Waals surface area contributed by atoms with Crippen LogP contribution < -0.4 is 0 Å². The smallest absolute Gasteiger partial charge is 0.308 e. The first kappa shape index (κ1) is 10.5. The van der Waals surface area contributed by atoms with Crippen LogP contribution in [0.15, 0.2) is 0 Å². The summed E-state index contributed by atoms with van der Waals surface area (Å²) in [6, 6.07) is 0. The molecule has 1 saturated carbocycles. The maximum atomic E-state index is 11.2. The second kappa shape index (κ2) is 3.70. The first-order chi connectivity index (χ1) is 7.72. The van der Waals surface area contributed by atoms with Crippen molar-refractivity contribution in [1.29, 1.82) is 0 Å². The Morgan fingerprint density at radius 3 is 3.06 bits per heavy atom. The summed E-state index contributed by atoms with van der Waals surface area (Å²) in [4.78, 5) is 11.2. The molecule has 90 valence electrons. The van der Waals surface area contributed by atoms with Crippen molar-refractivity contribution in [2.24, 2.45) is 0 Å². The second-order valence-electron chi connectivity index (χ2n) is 5.15. The van der Waals surface area contributed by atoms with Gasteiger partial charge in [0.05, 0.1) is 37.4 Å². The molecule has 3 aliphatic rings. The van der Waals surface area contributed by atoms with Gasteiger partial charge in [0.1, 0.15) is 0 Å². The van der Waals surface area contributed by atoms with E-state index in [-0.39, 0.29) is 23.8 Å². The minimum atomic E-state index is -0.173. The van der Waals surface area contributed by atoms with Gasteiger partial charge in [-0.05, 0) is 25.7 Å². The molecule has 2 saturated heterocycles. The van der Waals surface area contributed by atoms with Crippen molar-refractivity contribution in [3.63, 3.8) is 0 Å². The Kier molecular flexibility index (Phi) is 2.44. The Balaban J connectivity index is 1.66. The van der Waals surface area contributed by atoms with Gasteiger partial charge in [-0.2, -0.15) is 0 Å². The Morgan fingerprint density at radius 1 is 1.44 bits per heavy atom. The summed E-state index contributed by atoms with van der Waals surface area (Å²) in [6.45, 7) is 0. The van der Waals surface area contributed by atoms with Gasteiger partial charge in [0.15, 0.2) is 0 Å². The predicted octanol–water partition coefficient (Wildman–Crippen LogP) is 1.42. The molecule has 4 unspecified atom stereocenters. The molecule has 1 spiro atoms. The van der Waals surface area contributed by atoms with Gasteiger partial charge >= 0.3 is 5.97 Å². The van der Waals surface area contributed by atoms with E-state index in [1.165, 1.54) is 7.11 Å². The highest BCUT2D eigenvalue weighted by Gasteiger charge is 2.57. The number of fused-ring (bicyclic) bond motifs is 1. The van der Waals surface area contributed by atoms with Crippen LogP contribution >= 0.6 is 0 Å². The van der Waals surface area contributed by atoms with Gasteiger partial charge < -0.3 is 14.2 Å². The molecule has 16 heavy (non-hydrogen) atoms. The van der Waals surface area contributed by atoms with Crippen molar-refractivity contribution in [2.45, 2.75) is 62.4 Å². The van der Waals surface area contributed by atoms with E-state index >= 15 is 0 Å². The lowest BCUT2D eigenvalue weighted by Gasteiger charge is -2.42. The normalized spacial score (nSPS) is 45.4. The first-order valence-electron chi connectivity index (χ1n) is 6.12. The third-order valence-corrected chi connectivity index (χ3v) is 4.18. The molecule has 0 aromatic rings. The summed E-state index contributed by atoms with van der Waals surface area (Å²) in [5, 5.41) is 0. The first-order valence-corrected chi connectivity index (χ1v) is 6.12. The van der Waals surface area contributed by atoms with Gasteiger partial charge in [-0.3, -0.25) is 4.79 Å². The maximum Gasteiger partial charge on any atom is 0.308 e. The molecule has 0 N–H and O–H groups in total. The highest BCUT2D eigenvalue weighted by Crippen LogP contribution is 2.51. The predicted molar refractivity (Wildman–Crippen MR) is 56.0 cm³/mol. The molecule has 4 atom stereocenters. The van der Waals surface area contributed by atoms with E-state index in [0.29, 0.717) is 12.5 Å². The molecule has 0 aromatic heterocycles. The topological polar surface area (TPSA) is 44.8 Å². The van der Waals surface area contributed by atoms with Crippen molar-refractivity contribution < 1.29 is 19.0 Å². The number of ether oxygens (including phenoxy) is 3. The molecular formula is C12H18O4.